The lowest BCUT2D eigenvalue weighted by Gasteiger charge is -2.26. The van der Waals surface area contributed by atoms with Crippen LogP contribution in [0.25, 0.3) is 0 Å². The largest absolute Gasteiger partial charge is 0.294 e. The van der Waals surface area contributed by atoms with Crippen LogP contribution < -0.4 is 16.6 Å². The molecule has 2 rings (SSSR count). The Labute approximate surface area is 116 Å². The van der Waals surface area contributed by atoms with E-state index in [1.165, 1.54) is 0 Å². The summed E-state index contributed by atoms with van der Waals surface area (Å²) in [5.41, 5.74) is 3.82. The zero-order valence-corrected chi connectivity index (χ0v) is 10.9. The maximum Gasteiger partial charge on any atom is 0.240 e. The monoisotopic (exact) mass is 276 g/mol. The van der Waals surface area contributed by atoms with Crippen LogP contribution in [0.2, 0.25) is 0 Å². The van der Waals surface area contributed by atoms with Gasteiger partial charge in [-0.25, -0.2) is 5.84 Å². The van der Waals surface area contributed by atoms with Crippen LogP contribution in [0.1, 0.15) is 11.1 Å². The zero-order valence-electron chi connectivity index (χ0n) is 10.9. The molecule has 0 aliphatic carbocycles. The Balaban J connectivity index is 2.10. The minimum Gasteiger partial charge on any atom is -0.294 e. The van der Waals surface area contributed by atoms with Gasteiger partial charge in [0, 0.05) is 6.54 Å². The number of nitrogens with two attached hydrogens (primary N) is 1. The molecule has 20 heavy (non-hydrogen) atoms. The maximum absolute atomic E-state index is 11.4. The second-order valence-corrected chi connectivity index (χ2v) is 4.63. The van der Waals surface area contributed by atoms with E-state index in [4.69, 9.17) is 5.84 Å². The van der Waals surface area contributed by atoms with Crippen molar-refractivity contribution in [1.82, 2.24) is 15.6 Å². The first-order valence-electron chi connectivity index (χ1n) is 6.19. The van der Waals surface area contributed by atoms with E-state index in [1.807, 2.05) is 24.3 Å². The Morgan fingerprint density at radius 1 is 1.20 bits per heavy atom. The van der Waals surface area contributed by atoms with E-state index in [0.717, 1.165) is 11.1 Å². The van der Waals surface area contributed by atoms with Crippen molar-refractivity contribution < 1.29 is 14.4 Å². The molecule has 7 heteroatoms. The van der Waals surface area contributed by atoms with Gasteiger partial charge in [-0.15, -0.1) is 0 Å². The fraction of sp³-hybridized carbons (Fsp3) is 0.308. The fourth-order valence-corrected chi connectivity index (χ4v) is 2.16. The van der Waals surface area contributed by atoms with E-state index in [1.54, 1.807) is 4.90 Å². The Bertz CT molecular complexity index is 528. The highest BCUT2D eigenvalue weighted by molar-refractivity contribution is 5.99. The van der Waals surface area contributed by atoms with Gasteiger partial charge in [0.05, 0.1) is 19.5 Å². The summed E-state index contributed by atoms with van der Waals surface area (Å²) in [6, 6.07) is 7.38. The number of hydrazine groups is 1. The summed E-state index contributed by atoms with van der Waals surface area (Å²) in [6.07, 6.45) is 0.167. The van der Waals surface area contributed by atoms with Crippen molar-refractivity contribution in [2.24, 2.45) is 5.84 Å². The third-order valence-electron chi connectivity index (χ3n) is 3.04. The molecule has 3 amide bonds. The Morgan fingerprint density at radius 3 is 2.40 bits per heavy atom. The zero-order chi connectivity index (χ0) is 14.5. The molecule has 1 aliphatic rings. The number of nitrogens with one attached hydrogen (secondary N) is 2. The van der Waals surface area contributed by atoms with Gasteiger partial charge < -0.3 is 0 Å². The molecule has 0 saturated carbocycles. The first-order chi connectivity index (χ1) is 9.58. The summed E-state index contributed by atoms with van der Waals surface area (Å²) < 4.78 is 0. The average Bonchev–Trinajstić information content (AvgIpc) is 2.39. The van der Waals surface area contributed by atoms with Crippen LogP contribution in [-0.2, 0) is 27.3 Å². The number of benzene rings is 1. The molecule has 1 aliphatic heterocycles. The number of carbonyl (C=O) groups excluding carboxylic acids is 3. The normalized spacial score (nSPS) is 15.8. The summed E-state index contributed by atoms with van der Waals surface area (Å²) >= 11 is 0. The Hall–Kier alpha value is -2.25. The quantitative estimate of drug-likeness (QED) is 0.274. The maximum atomic E-state index is 11.4. The van der Waals surface area contributed by atoms with Crippen molar-refractivity contribution in [3.8, 4) is 0 Å². The highest BCUT2D eigenvalue weighted by Crippen LogP contribution is 2.13. The SMILES string of the molecule is NNC(=O)Cc1ccccc1CN1CC(=O)NC(=O)C1. The third-order valence-corrected chi connectivity index (χ3v) is 3.04. The molecule has 1 heterocycles. The summed E-state index contributed by atoms with van der Waals surface area (Å²) in [7, 11) is 0. The summed E-state index contributed by atoms with van der Waals surface area (Å²) in [6.45, 7) is 0.777. The van der Waals surface area contributed by atoms with Crippen LogP contribution in [0, 0.1) is 0 Å². The lowest BCUT2D eigenvalue weighted by Crippen LogP contribution is -2.51. The van der Waals surface area contributed by atoms with Crippen molar-refractivity contribution in [1.29, 1.82) is 0 Å². The van der Waals surface area contributed by atoms with Gasteiger partial charge in [-0.3, -0.25) is 30.0 Å². The molecule has 0 aromatic heterocycles. The molecule has 0 spiro atoms. The van der Waals surface area contributed by atoms with Crippen LogP contribution >= 0.6 is 0 Å². The molecule has 1 aromatic carbocycles. The van der Waals surface area contributed by atoms with Gasteiger partial charge in [0.25, 0.3) is 0 Å². The van der Waals surface area contributed by atoms with E-state index in [-0.39, 0.29) is 37.2 Å². The van der Waals surface area contributed by atoms with Crippen molar-refractivity contribution in [2.75, 3.05) is 13.1 Å². The first kappa shape index (κ1) is 14.2. The molecule has 4 N–H and O–H groups in total. The predicted octanol–water partition coefficient (Wildman–Crippen LogP) is -1.32. The number of imide groups is 1. The van der Waals surface area contributed by atoms with Gasteiger partial charge in [-0.1, -0.05) is 24.3 Å². The predicted molar refractivity (Wildman–Crippen MR) is 70.9 cm³/mol. The molecule has 0 bridgehead atoms. The smallest absolute Gasteiger partial charge is 0.240 e. The van der Waals surface area contributed by atoms with Crippen LogP contribution in [0.15, 0.2) is 24.3 Å². The van der Waals surface area contributed by atoms with Gasteiger partial charge in [-0.2, -0.15) is 0 Å². The van der Waals surface area contributed by atoms with Gasteiger partial charge in [0.15, 0.2) is 0 Å². The molecule has 106 valence electrons. The van der Waals surface area contributed by atoms with Crippen LogP contribution in [0.3, 0.4) is 0 Å². The fourth-order valence-electron chi connectivity index (χ4n) is 2.16. The first-order valence-corrected chi connectivity index (χ1v) is 6.19. The van der Waals surface area contributed by atoms with Gasteiger partial charge in [0.2, 0.25) is 17.7 Å². The highest BCUT2D eigenvalue weighted by Gasteiger charge is 2.23. The summed E-state index contributed by atoms with van der Waals surface area (Å²) in [5.74, 6) is 4.18. The number of rotatable bonds is 4. The standard InChI is InChI=1S/C13H16N4O3/c14-16-11(18)5-9-3-1-2-4-10(9)6-17-7-12(19)15-13(20)8-17/h1-4H,5-8,14H2,(H,16,18)(H,15,19,20). The summed E-state index contributed by atoms with van der Waals surface area (Å²) in [5, 5.41) is 2.25. The Morgan fingerprint density at radius 2 is 1.80 bits per heavy atom. The third kappa shape index (κ3) is 3.62. The molecule has 1 saturated heterocycles. The number of nitrogens with zero attached hydrogens (tertiary/aromatic N) is 1. The molecular weight excluding hydrogens is 260 g/mol. The molecule has 1 fully saturated rings. The minimum atomic E-state index is -0.307. The second kappa shape index (κ2) is 6.27. The van der Waals surface area contributed by atoms with E-state index >= 15 is 0 Å². The van der Waals surface area contributed by atoms with E-state index in [9.17, 15) is 14.4 Å². The lowest BCUT2D eigenvalue weighted by atomic mass is 10.0. The van der Waals surface area contributed by atoms with Gasteiger partial charge >= 0.3 is 0 Å². The molecule has 7 nitrogen and oxygen atoms in total. The topological polar surface area (TPSA) is 105 Å². The highest BCUT2D eigenvalue weighted by atomic mass is 16.2. The molecule has 1 aromatic rings. The summed E-state index contributed by atoms with van der Waals surface area (Å²) in [4.78, 5) is 35.8. The number of piperazine rings is 1. The van der Waals surface area contributed by atoms with Crippen LogP contribution in [0.4, 0.5) is 0 Å². The number of carbonyl (C=O) groups is 3. The molecule has 0 atom stereocenters. The van der Waals surface area contributed by atoms with Crippen LogP contribution in [-0.4, -0.2) is 35.7 Å². The van der Waals surface area contributed by atoms with Gasteiger partial charge in [0.1, 0.15) is 0 Å². The van der Waals surface area contributed by atoms with E-state index in [0.29, 0.717) is 6.54 Å². The van der Waals surface area contributed by atoms with Crippen molar-refractivity contribution in [2.45, 2.75) is 13.0 Å². The number of amides is 3. The van der Waals surface area contributed by atoms with E-state index in [2.05, 4.69) is 10.7 Å². The van der Waals surface area contributed by atoms with Crippen molar-refractivity contribution >= 4 is 17.7 Å². The van der Waals surface area contributed by atoms with E-state index < -0.39 is 0 Å². The number of hydrogen-bond acceptors (Lipinski definition) is 5. The lowest BCUT2D eigenvalue weighted by molar-refractivity contribution is -0.136. The second-order valence-electron chi connectivity index (χ2n) is 4.63. The molecule has 0 radical (unpaired) electrons. The van der Waals surface area contributed by atoms with Crippen LogP contribution in [0.5, 0.6) is 0 Å². The Kier molecular flexibility index (Phi) is 4.44. The minimum absolute atomic E-state index is 0.167. The van der Waals surface area contributed by atoms with Crippen molar-refractivity contribution in [3.63, 3.8) is 0 Å². The number of hydrogen-bond donors (Lipinski definition) is 3. The van der Waals surface area contributed by atoms with Crippen molar-refractivity contribution in [3.05, 3.63) is 35.4 Å². The van der Waals surface area contributed by atoms with Gasteiger partial charge in [-0.05, 0) is 11.1 Å². The average molecular weight is 276 g/mol. The molecule has 0 unspecified atom stereocenters. The molecular formula is C13H16N4O3.